The molecule has 11 rings (SSSR count). The molecule has 1 heteroatoms. The van der Waals surface area contributed by atoms with Gasteiger partial charge in [0.1, 0.15) is 0 Å². The molecule has 1 aliphatic rings. The van der Waals surface area contributed by atoms with Crippen molar-refractivity contribution in [3.63, 3.8) is 0 Å². The molecule has 52 heavy (non-hydrogen) atoms. The molecule has 0 N–H and O–H groups in total. The number of benzene rings is 9. The van der Waals surface area contributed by atoms with Crippen molar-refractivity contribution in [2.24, 2.45) is 0 Å². The van der Waals surface area contributed by atoms with Crippen LogP contribution in [0.5, 0.6) is 0 Å². The largest absolute Gasteiger partial charge is 0.309 e. The summed E-state index contributed by atoms with van der Waals surface area (Å²) in [6, 6.07) is 74.0. The van der Waals surface area contributed by atoms with E-state index in [-0.39, 0.29) is 0 Å². The Hall–Kier alpha value is -6.70. The summed E-state index contributed by atoms with van der Waals surface area (Å²) >= 11 is 0. The molecule has 0 aliphatic heterocycles. The molecule has 0 atom stereocenters. The average Bonchev–Trinajstić information content (AvgIpc) is 3.72. The van der Waals surface area contributed by atoms with Gasteiger partial charge in [0.15, 0.2) is 0 Å². The van der Waals surface area contributed by atoms with Gasteiger partial charge in [-0.3, -0.25) is 0 Å². The second-order valence-corrected chi connectivity index (χ2v) is 14.1. The van der Waals surface area contributed by atoms with Gasteiger partial charge in [-0.05, 0) is 102 Å². The minimum atomic E-state index is -0.424. The van der Waals surface area contributed by atoms with Crippen LogP contribution < -0.4 is 0 Å². The third-order valence-corrected chi connectivity index (χ3v) is 11.4. The van der Waals surface area contributed by atoms with Crippen molar-refractivity contribution in [3.8, 4) is 27.9 Å². The number of para-hydroxylation sites is 2. The van der Waals surface area contributed by atoms with E-state index in [0.717, 1.165) is 0 Å². The van der Waals surface area contributed by atoms with Gasteiger partial charge in [-0.15, -0.1) is 0 Å². The first-order chi connectivity index (χ1) is 25.8. The van der Waals surface area contributed by atoms with Crippen LogP contribution in [-0.4, -0.2) is 4.57 Å². The van der Waals surface area contributed by atoms with E-state index in [2.05, 4.69) is 205 Å². The number of hydrogen-bond acceptors (Lipinski definition) is 0. The van der Waals surface area contributed by atoms with Crippen LogP contribution in [0.4, 0.5) is 0 Å². The van der Waals surface area contributed by atoms with E-state index in [4.69, 9.17) is 0 Å². The Kier molecular flexibility index (Phi) is 6.23. The number of nitrogens with zero attached hydrogens (tertiary/aromatic N) is 1. The van der Waals surface area contributed by atoms with Gasteiger partial charge in [0.05, 0.1) is 16.4 Å². The Morgan fingerprint density at radius 2 is 0.885 bits per heavy atom. The molecule has 0 bridgehead atoms. The molecule has 0 unspecified atom stereocenters. The molecular formula is C51H33N. The Morgan fingerprint density at radius 3 is 1.60 bits per heavy atom. The van der Waals surface area contributed by atoms with E-state index >= 15 is 0 Å². The normalized spacial score (nSPS) is 13.2. The summed E-state index contributed by atoms with van der Waals surface area (Å²) in [5.41, 5.74) is 13.6. The van der Waals surface area contributed by atoms with Gasteiger partial charge in [0.25, 0.3) is 0 Å². The second kappa shape index (κ2) is 11.2. The third-order valence-electron chi connectivity index (χ3n) is 11.4. The van der Waals surface area contributed by atoms with E-state index in [1.165, 1.54) is 93.5 Å². The average molecular weight is 660 g/mol. The number of aromatic nitrogens is 1. The highest BCUT2D eigenvalue weighted by Gasteiger charge is 2.46. The Bertz CT molecular complexity index is 2910. The van der Waals surface area contributed by atoms with Crippen molar-refractivity contribution in [1.29, 1.82) is 0 Å². The fourth-order valence-electron chi connectivity index (χ4n) is 9.21. The highest BCUT2D eigenvalue weighted by molar-refractivity contribution is 6.09. The van der Waals surface area contributed by atoms with Crippen LogP contribution in [0.25, 0.3) is 71.3 Å². The van der Waals surface area contributed by atoms with Crippen molar-refractivity contribution in [2.45, 2.75) is 5.41 Å². The van der Waals surface area contributed by atoms with Crippen molar-refractivity contribution in [2.75, 3.05) is 0 Å². The highest BCUT2D eigenvalue weighted by Crippen LogP contribution is 2.58. The van der Waals surface area contributed by atoms with E-state index in [1.54, 1.807) is 0 Å². The summed E-state index contributed by atoms with van der Waals surface area (Å²) in [6.07, 6.45) is 0. The lowest BCUT2D eigenvalue weighted by molar-refractivity contribution is 0.775. The van der Waals surface area contributed by atoms with Gasteiger partial charge in [0, 0.05) is 16.5 Å². The van der Waals surface area contributed by atoms with Crippen LogP contribution in [0.1, 0.15) is 22.3 Å². The summed E-state index contributed by atoms with van der Waals surface area (Å²) < 4.78 is 2.39. The van der Waals surface area contributed by atoms with Gasteiger partial charge in [0.2, 0.25) is 0 Å². The molecule has 1 heterocycles. The minimum absolute atomic E-state index is 0.424. The fourth-order valence-corrected chi connectivity index (χ4v) is 9.21. The second-order valence-electron chi connectivity index (χ2n) is 14.1. The van der Waals surface area contributed by atoms with Crippen LogP contribution in [0, 0.1) is 0 Å². The molecule has 10 aromatic rings. The number of fused-ring (bicyclic) bond motifs is 9. The third kappa shape index (κ3) is 4.05. The van der Waals surface area contributed by atoms with Crippen molar-refractivity contribution < 1.29 is 0 Å². The standard InChI is InChI=1S/C51H33N/c1-3-13-39(14-4-1)51(40-15-5-2-6-16-40)47-20-10-7-17-43(47)46-30-27-38-32-36(26-29-42(38)50(46)51)34-23-24-37-33-41(28-25-35(37)31-34)52-48-21-11-8-18-44(48)45-19-9-12-22-49(45)52/h1-33H. The molecule has 0 fully saturated rings. The molecule has 1 aliphatic carbocycles. The maximum atomic E-state index is 2.39. The number of rotatable bonds is 4. The fraction of sp³-hybridized carbons (Fsp3) is 0.0196. The molecule has 0 spiro atoms. The molecule has 0 saturated carbocycles. The first kappa shape index (κ1) is 29.1. The monoisotopic (exact) mass is 659 g/mol. The first-order valence-electron chi connectivity index (χ1n) is 18.1. The smallest absolute Gasteiger partial charge is 0.0719 e. The van der Waals surface area contributed by atoms with Crippen molar-refractivity contribution in [1.82, 2.24) is 4.57 Å². The lowest BCUT2D eigenvalue weighted by Crippen LogP contribution is -2.28. The molecule has 1 nitrogen and oxygen atoms in total. The SMILES string of the molecule is c1ccc(C2(c3ccccc3)c3ccccc3-c3ccc4cc(-c5ccc6cc(-n7c8ccccc8c8ccccc87)ccc6c5)ccc4c32)cc1. The van der Waals surface area contributed by atoms with Gasteiger partial charge in [-0.25, -0.2) is 0 Å². The van der Waals surface area contributed by atoms with E-state index in [1.807, 2.05) is 0 Å². The first-order valence-corrected chi connectivity index (χ1v) is 18.1. The lowest BCUT2D eigenvalue weighted by atomic mass is 9.66. The quantitative estimate of drug-likeness (QED) is 0.177. The molecule has 242 valence electrons. The van der Waals surface area contributed by atoms with Crippen molar-refractivity contribution >= 4 is 43.4 Å². The van der Waals surface area contributed by atoms with Crippen LogP contribution in [-0.2, 0) is 5.41 Å². The molecule has 9 aromatic carbocycles. The van der Waals surface area contributed by atoms with E-state index in [9.17, 15) is 0 Å². The zero-order chi connectivity index (χ0) is 34.2. The zero-order valence-electron chi connectivity index (χ0n) is 28.5. The van der Waals surface area contributed by atoms with Crippen LogP contribution in [0.15, 0.2) is 200 Å². The summed E-state index contributed by atoms with van der Waals surface area (Å²) in [7, 11) is 0. The molecule has 0 amide bonds. The highest BCUT2D eigenvalue weighted by atomic mass is 15.0. The van der Waals surface area contributed by atoms with Gasteiger partial charge >= 0.3 is 0 Å². The molecular weight excluding hydrogens is 627 g/mol. The molecule has 0 radical (unpaired) electrons. The Morgan fingerprint density at radius 1 is 0.346 bits per heavy atom. The van der Waals surface area contributed by atoms with Crippen molar-refractivity contribution in [3.05, 3.63) is 222 Å². The Balaban J connectivity index is 1.06. The predicted octanol–water partition coefficient (Wildman–Crippen LogP) is 13.1. The van der Waals surface area contributed by atoms with Gasteiger partial charge < -0.3 is 4.57 Å². The Labute approximate surface area is 302 Å². The maximum absolute atomic E-state index is 2.39. The minimum Gasteiger partial charge on any atom is -0.309 e. The summed E-state index contributed by atoms with van der Waals surface area (Å²) in [5, 5.41) is 7.57. The van der Waals surface area contributed by atoms with E-state index in [0.29, 0.717) is 0 Å². The lowest BCUT2D eigenvalue weighted by Gasteiger charge is -2.34. The predicted molar refractivity (Wildman–Crippen MR) is 219 cm³/mol. The van der Waals surface area contributed by atoms with Crippen LogP contribution in [0.2, 0.25) is 0 Å². The summed E-state index contributed by atoms with van der Waals surface area (Å²) in [5.74, 6) is 0. The van der Waals surface area contributed by atoms with E-state index < -0.39 is 5.41 Å². The maximum Gasteiger partial charge on any atom is 0.0719 e. The van der Waals surface area contributed by atoms with Gasteiger partial charge in [-0.2, -0.15) is 0 Å². The molecule has 0 saturated heterocycles. The summed E-state index contributed by atoms with van der Waals surface area (Å²) in [6.45, 7) is 0. The molecule has 1 aromatic heterocycles. The zero-order valence-corrected chi connectivity index (χ0v) is 28.5. The van der Waals surface area contributed by atoms with Crippen LogP contribution in [0.3, 0.4) is 0 Å². The van der Waals surface area contributed by atoms with Gasteiger partial charge in [-0.1, -0.05) is 164 Å². The summed E-state index contributed by atoms with van der Waals surface area (Å²) in [4.78, 5) is 0. The number of hydrogen-bond donors (Lipinski definition) is 0. The van der Waals surface area contributed by atoms with Crippen LogP contribution >= 0.6 is 0 Å². The topological polar surface area (TPSA) is 4.93 Å².